The number of halogens is 1. The molecule has 3 rings (SSSR count). The number of hydrogen-bond acceptors (Lipinski definition) is 7. The number of nitro benzene ring substituents is 1. The van der Waals surface area contributed by atoms with E-state index in [0.29, 0.717) is 18.5 Å². The molecule has 11 nitrogen and oxygen atoms in total. The number of carbonyl (C=O) groups is 1. The van der Waals surface area contributed by atoms with E-state index in [1.54, 1.807) is 20.8 Å². The van der Waals surface area contributed by atoms with Gasteiger partial charge in [0.15, 0.2) is 5.69 Å². The van der Waals surface area contributed by atoms with Gasteiger partial charge in [0.25, 0.3) is 11.6 Å². The van der Waals surface area contributed by atoms with Gasteiger partial charge in [-0.05, 0) is 63.9 Å². The SMILES string of the molecule is CC[C@H](C)NC(=O)c1nn(-c2ccc(F)cc2)c(Oc2ccc([N+](=O)[O-])cc2S(=O)(=O)N[C@@H](C)CC)c1C. The molecule has 0 bridgehead atoms. The summed E-state index contributed by atoms with van der Waals surface area (Å²) in [6.45, 7) is 8.76. The molecule has 2 N–H and O–H groups in total. The maximum Gasteiger partial charge on any atom is 0.272 e. The van der Waals surface area contributed by atoms with Gasteiger partial charge in [-0.2, -0.15) is 9.78 Å². The maximum absolute atomic E-state index is 13.6. The van der Waals surface area contributed by atoms with Crippen LogP contribution >= 0.6 is 0 Å². The Morgan fingerprint density at radius 2 is 1.76 bits per heavy atom. The van der Waals surface area contributed by atoms with Crippen LogP contribution in [-0.4, -0.2) is 41.1 Å². The van der Waals surface area contributed by atoms with Crippen molar-refractivity contribution in [3.05, 3.63) is 69.7 Å². The number of non-ortho nitro benzene ring substituents is 1. The zero-order valence-corrected chi connectivity index (χ0v) is 22.5. The second-order valence-corrected chi connectivity index (χ2v) is 10.6. The number of benzene rings is 2. The van der Waals surface area contributed by atoms with E-state index in [1.165, 1.54) is 35.0 Å². The van der Waals surface area contributed by atoms with Crippen molar-refractivity contribution < 1.29 is 27.3 Å². The molecule has 1 heterocycles. The van der Waals surface area contributed by atoms with Crippen molar-refractivity contribution >= 4 is 21.6 Å². The highest BCUT2D eigenvalue weighted by atomic mass is 32.2. The van der Waals surface area contributed by atoms with Crippen molar-refractivity contribution in [2.24, 2.45) is 0 Å². The van der Waals surface area contributed by atoms with Crippen LogP contribution in [0.3, 0.4) is 0 Å². The molecule has 1 amide bonds. The molecule has 0 aliphatic heterocycles. The number of amides is 1. The summed E-state index contributed by atoms with van der Waals surface area (Å²) in [7, 11) is -4.24. The molecule has 0 radical (unpaired) electrons. The molecule has 38 heavy (non-hydrogen) atoms. The van der Waals surface area contributed by atoms with Crippen molar-refractivity contribution in [1.82, 2.24) is 19.8 Å². The van der Waals surface area contributed by atoms with Crippen LogP contribution in [0.4, 0.5) is 10.1 Å². The average molecular weight is 548 g/mol. The topological polar surface area (TPSA) is 145 Å². The van der Waals surface area contributed by atoms with E-state index in [0.717, 1.165) is 12.1 Å². The summed E-state index contributed by atoms with van der Waals surface area (Å²) in [5.41, 5.74) is 0.204. The van der Waals surface area contributed by atoms with E-state index in [1.807, 2.05) is 13.8 Å². The number of aromatic nitrogens is 2. The van der Waals surface area contributed by atoms with Gasteiger partial charge in [0.05, 0.1) is 10.6 Å². The summed E-state index contributed by atoms with van der Waals surface area (Å²) in [5, 5.41) is 18.6. The van der Waals surface area contributed by atoms with E-state index in [2.05, 4.69) is 15.1 Å². The molecule has 0 aliphatic carbocycles. The molecule has 0 fully saturated rings. The Morgan fingerprint density at radius 1 is 1.13 bits per heavy atom. The molecule has 1 aromatic heterocycles. The van der Waals surface area contributed by atoms with Gasteiger partial charge in [0, 0.05) is 29.8 Å². The lowest BCUT2D eigenvalue weighted by molar-refractivity contribution is -0.385. The average Bonchev–Trinajstić information content (AvgIpc) is 3.19. The third-order valence-electron chi connectivity index (χ3n) is 5.95. The molecule has 13 heteroatoms. The minimum atomic E-state index is -4.24. The van der Waals surface area contributed by atoms with Gasteiger partial charge in [0.2, 0.25) is 15.9 Å². The maximum atomic E-state index is 13.6. The number of nitrogens with one attached hydrogen (secondary N) is 2. The van der Waals surface area contributed by atoms with Crippen LogP contribution in [0.2, 0.25) is 0 Å². The molecular formula is C25H30FN5O6S. The minimum absolute atomic E-state index is 0.0141. The summed E-state index contributed by atoms with van der Waals surface area (Å²) >= 11 is 0. The van der Waals surface area contributed by atoms with Gasteiger partial charge in [0.1, 0.15) is 16.5 Å². The highest BCUT2D eigenvalue weighted by molar-refractivity contribution is 7.89. The quantitative estimate of drug-likeness (QED) is 0.263. The van der Waals surface area contributed by atoms with Crippen LogP contribution in [-0.2, 0) is 10.0 Å². The summed E-state index contributed by atoms with van der Waals surface area (Å²) in [5.74, 6) is -1.20. The Morgan fingerprint density at radius 3 is 2.34 bits per heavy atom. The van der Waals surface area contributed by atoms with Crippen molar-refractivity contribution in [2.45, 2.75) is 64.4 Å². The monoisotopic (exact) mass is 547 g/mol. The third kappa shape index (κ3) is 6.34. The zero-order chi connectivity index (χ0) is 28.2. The van der Waals surface area contributed by atoms with E-state index < -0.39 is 43.3 Å². The van der Waals surface area contributed by atoms with Crippen molar-refractivity contribution in [3.63, 3.8) is 0 Å². The van der Waals surface area contributed by atoms with Crippen LogP contribution in [0, 0.1) is 22.9 Å². The predicted octanol–water partition coefficient (Wildman–Crippen LogP) is 4.63. The Balaban J connectivity index is 2.19. The Kier molecular flexibility index (Phi) is 8.84. The molecule has 0 spiro atoms. The van der Waals surface area contributed by atoms with E-state index in [4.69, 9.17) is 4.74 Å². The van der Waals surface area contributed by atoms with Crippen molar-refractivity contribution in [3.8, 4) is 17.3 Å². The highest BCUT2D eigenvalue weighted by Crippen LogP contribution is 2.36. The summed E-state index contributed by atoms with van der Waals surface area (Å²) in [6, 6.07) is 7.84. The Labute approximate surface area is 220 Å². The van der Waals surface area contributed by atoms with Gasteiger partial charge < -0.3 is 10.1 Å². The van der Waals surface area contributed by atoms with E-state index in [9.17, 15) is 27.7 Å². The zero-order valence-electron chi connectivity index (χ0n) is 21.7. The molecule has 3 aromatic rings. The first-order valence-electron chi connectivity index (χ1n) is 12.0. The third-order valence-corrected chi connectivity index (χ3v) is 7.56. The van der Waals surface area contributed by atoms with Gasteiger partial charge in [-0.25, -0.2) is 17.5 Å². The van der Waals surface area contributed by atoms with Crippen LogP contribution in [0.1, 0.15) is 56.6 Å². The summed E-state index contributed by atoms with van der Waals surface area (Å²) in [6.07, 6.45) is 1.16. The minimum Gasteiger partial charge on any atom is -0.437 e. The number of nitro groups is 1. The lowest BCUT2D eigenvalue weighted by Crippen LogP contribution is -2.32. The first kappa shape index (κ1) is 28.7. The van der Waals surface area contributed by atoms with Crippen molar-refractivity contribution in [2.75, 3.05) is 0 Å². The molecule has 2 atom stereocenters. The molecule has 204 valence electrons. The fourth-order valence-electron chi connectivity index (χ4n) is 3.39. The summed E-state index contributed by atoms with van der Waals surface area (Å²) < 4.78 is 49.8. The van der Waals surface area contributed by atoms with Gasteiger partial charge >= 0.3 is 0 Å². The number of hydrogen-bond donors (Lipinski definition) is 2. The predicted molar refractivity (Wildman–Crippen MR) is 139 cm³/mol. The lowest BCUT2D eigenvalue weighted by Gasteiger charge is -2.16. The molecule has 2 aromatic carbocycles. The fraction of sp³-hybridized carbons (Fsp3) is 0.360. The van der Waals surface area contributed by atoms with Crippen LogP contribution in [0.15, 0.2) is 47.4 Å². The number of rotatable bonds is 11. The smallest absolute Gasteiger partial charge is 0.272 e. The number of sulfonamides is 1. The first-order chi connectivity index (χ1) is 17.9. The Bertz CT molecular complexity index is 1440. The van der Waals surface area contributed by atoms with Crippen LogP contribution < -0.4 is 14.8 Å². The number of carbonyl (C=O) groups excluding carboxylic acids is 1. The van der Waals surface area contributed by atoms with Crippen LogP contribution in [0.25, 0.3) is 5.69 Å². The molecular weight excluding hydrogens is 517 g/mol. The lowest BCUT2D eigenvalue weighted by atomic mass is 10.2. The van der Waals surface area contributed by atoms with Crippen LogP contribution in [0.5, 0.6) is 11.6 Å². The van der Waals surface area contributed by atoms with E-state index >= 15 is 0 Å². The molecule has 0 saturated heterocycles. The number of ether oxygens (including phenoxy) is 1. The fourth-order valence-corrected chi connectivity index (χ4v) is 4.86. The largest absolute Gasteiger partial charge is 0.437 e. The van der Waals surface area contributed by atoms with Crippen molar-refractivity contribution in [1.29, 1.82) is 0 Å². The highest BCUT2D eigenvalue weighted by Gasteiger charge is 2.28. The van der Waals surface area contributed by atoms with Gasteiger partial charge in [-0.3, -0.25) is 14.9 Å². The second-order valence-electron chi connectivity index (χ2n) is 8.87. The summed E-state index contributed by atoms with van der Waals surface area (Å²) in [4.78, 5) is 23.2. The van der Waals surface area contributed by atoms with Gasteiger partial charge in [-0.1, -0.05) is 13.8 Å². The van der Waals surface area contributed by atoms with Gasteiger partial charge in [-0.15, -0.1) is 0 Å². The van der Waals surface area contributed by atoms with E-state index in [-0.39, 0.29) is 28.9 Å². The normalized spacial score (nSPS) is 13.1. The molecule has 0 saturated carbocycles. The Hall–Kier alpha value is -3.84. The number of nitrogens with zero attached hydrogens (tertiary/aromatic N) is 3. The first-order valence-corrected chi connectivity index (χ1v) is 13.5. The molecule has 0 unspecified atom stereocenters. The second kappa shape index (κ2) is 11.7. The molecule has 0 aliphatic rings. The standard InChI is InChI=1S/C25H30FN5O6S/c1-6-15(3)27-24(32)23-17(5)25(30(28-23)19-10-8-18(26)9-11-19)37-21-13-12-20(31(33)34)14-22(21)38(35,36)29-16(4)7-2/h8-16,29H,6-7H2,1-5H3,(H,27,32)/t15-,16-/m0/s1.